The lowest BCUT2D eigenvalue weighted by atomic mass is 10.1. The Hall–Kier alpha value is -2.46. The summed E-state index contributed by atoms with van der Waals surface area (Å²) < 4.78 is 11.5. The van der Waals surface area contributed by atoms with Gasteiger partial charge in [0.25, 0.3) is 5.91 Å². The number of nitriles is 1. The van der Waals surface area contributed by atoms with E-state index in [0.717, 1.165) is 0 Å². The van der Waals surface area contributed by atoms with Crippen molar-refractivity contribution in [1.29, 1.82) is 5.26 Å². The van der Waals surface area contributed by atoms with E-state index in [1.165, 1.54) is 13.2 Å². The van der Waals surface area contributed by atoms with Crippen molar-refractivity contribution in [2.24, 2.45) is 0 Å². The molecule has 0 bridgehead atoms. The molecule has 0 aliphatic rings. The third-order valence-corrected chi connectivity index (χ3v) is 5.01. The van der Waals surface area contributed by atoms with Crippen LogP contribution in [0.3, 0.4) is 0 Å². The molecule has 0 heterocycles. The minimum Gasteiger partial charge on any atom is -0.493 e. The number of carbonyl (C=O) groups excluding carboxylic acids is 1. The smallest absolute Gasteiger partial charge is 0.266 e. The fourth-order valence-corrected chi connectivity index (χ4v) is 2.96. The SMILES string of the molecule is C=CCOc1cc(Br)c(/C=C(/C#N)C(=O)Nc2cccc(Cl)c2Cl)cc1OC. The van der Waals surface area contributed by atoms with Crippen molar-refractivity contribution in [3.05, 3.63) is 68.6 Å². The second kappa shape index (κ2) is 10.2. The van der Waals surface area contributed by atoms with Crippen molar-refractivity contribution in [3.63, 3.8) is 0 Å². The average Bonchev–Trinajstić information content (AvgIpc) is 2.68. The summed E-state index contributed by atoms with van der Waals surface area (Å²) in [5.74, 6) is 0.330. The molecule has 5 nitrogen and oxygen atoms in total. The van der Waals surface area contributed by atoms with Crippen LogP contribution in [0.1, 0.15) is 5.56 Å². The van der Waals surface area contributed by atoms with Crippen LogP contribution in [0.15, 0.2) is 53.0 Å². The van der Waals surface area contributed by atoms with Crippen molar-refractivity contribution in [3.8, 4) is 17.6 Å². The highest BCUT2D eigenvalue weighted by atomic mass is 79.9. The largest absolute Gasteiger partial charge is 0.493 e. The average molecular weight is 482 g/mol. The Morgan fingerprint density at radius 2 is 2.11 bits per heavy atom. The van der Waals surface area contributed by atoms with Gasteiger partial charge in [0.2, 0.25) is 0 Å². The standard InChI is InChI=1S/C20H15BrCl2N2O3/c1-3-7-28-18-10-14(21)12(9-17(18)27-2)8-13(11-24)20(26)25-16-6-4-5-15(22)19(16)23/h3-6,8-10H,1,7H2,2H3,(H,25,26)/b13-8-. The first-order chi connectivity index (χ1) is 13.4. The number of benzene rings is 2. The van der Waals surface area contributed by atoms with Gasteiger partial charge in [-0.3, -0.25) is 4.79 Å². The third-order valence-electron chi connectivity index (χ3n) is 3.50. The summed E-state index contributed by atoms with van der Waals surface area (Å²) in [4.78, 5) is 12.5. The Kier molecular flexibility index (Phi) is 7.94. The lowest BCUT2D eigenvalue weighted by molar-refractivity contribution is -0.112. The monoisotopic (exact) mass is 480 g/mol. The molecule has 8 heteroatoms. The summed E-state index contributed by atoms with van der Waals surface area (Å²) in [5.41, 5.74) is 0.746. The maximum absolute atomic E-state index is 12.5. The van der Waals surface area contributed by atoms with Crippen LogP contribution in [0.25, 0.3) is 6.08 Å². The molecule has 0 spiro atoms. The Balaban J connectivity index is 2.35. The Labute approximate surface area is 181 Å². The predicted molar refractivity (Wildman–Crippen MR) is 115 cm³/mol. The molecular formula is C20H15BrCl2N2O3. The maximum Gasteiger partial charge on any atom is 0.266 e. The summed E-state index contributed by atoms with van der Waals surface area (Å²) in [7, 11) is 1.50. The van der Waals surface area contributed by atoms with Gasteiger partial charge >= 0.3 is 0 Å². The number of hydrogen-bond donors (Lipinski definition) is 1. The number of anilines is 1. The molecule has 0 fully saturated rings. The van der Waals surface area contributed by atoms with Gasteiger partial charge in [0, 0.05) is 4.47 Å². The Bertz CT molecular complexity index is 984. The van der Waals surface area contributed by atoms with Crippen LogP contribution in [0.4, 0.5) is 5.69 Å². The number of ether oxygens (including phenoxy) is 2. The van der Waals surface area contributed by atoms with Crippen molar-refractivity contribution < 1.29 is 14.3 Å². The van der Waals surface area contributed by atoms with E-state index < -0.39 is 5.91 Å². The van der Waals surface area contributed by atoms with Crippen LogP contribution < -0.4 is 14.8 Å². The number of carbonyl (C=O) groups is 1. The van der Waals surface area contributed by atoms with Crippen molar-refractivity contribution in [1.82, 2.24) is 0 Å². The Morgan fingerprint density at radius 3 is 2.75 bits per heavy atom. The number of nitrogens with zero attached hydrogens (tertiary/aromatic N) is 1. The van der Waals surface area contributed by atoms with E-state index in [4.69, 9.17) is 32.7 Å². The summed E-state index contributed by atoms with van der Waals surface area (Å²) in [6.07, 6.45) is 3.04. The van der Waals surface area contributed by atoms with Gasteiger partial charge in [-0.1, -0.05) is 57.9 Å². The van der Waals surface area contributed by atoms with E-state index >= 15 is 0 Å². The van der Waals surface area contributed by atoms with Crippen molar-refractivity contribution >= 4 is 56.8 Å². The number of rotatable bonds is 7. The van der Waals surface area contributed by atoms with Gasteiger partial charge < -0.3 is 14.8 Å². The first-order valence-electron chi connectivity index (χ1n) is 7.89. The van der Waals surface area contributed by atoms with Gasteiger partial charge in [-0.05, 0) is 35.9 Å². The highest BCUT2D eigenvalue weighted by Gasteiger charge is 2.15. The molecule has 0 saturated heterocycles. The van der Waals surface area contributed by atoms with Crippen LogP contribution in [0.5, 0.6) is 11.5 Å². The normalized spacial score (nSPS) is 10.8. The molecule has 1 N–H and O–H groups in total. The molecule has 0 atom stereocenters. The molecule has 0 unspecified atom stereocenters. The van der Waals surface area contributed by atoms with E-state index in [1.807, 2.05) is 6.07 Å². The van der Waals surface area contributed by atoms with Crippen LogP contribution in [0, 0.1) is 11.3 Å². The number of nitrogens with one attached hydrogen (secondary N) is 1. The molecule has 0 radical (unpaired) electrons. The zero-order chi connectivity index (χ0) is 20.7. The van der Waals surface area contributed by atoms with E-state index in [2.05, 4.69) is 27.8 Å². The van der Waals surface area contributed by atoms with Gasteiger partial charge in [0.15, 0.2) is 11.5 Å². The number of hydrogen-bond acceptors (Lipinski definition) is 4. The first-order valence-corrected chi connectivity index (χ1v) is 9.44. The second-order valence-corrected chi connectivity index (χ2v) is 6.99. The fourth-order valence-electron chi connectivity index (χ4n) is 2.18. The number of halogens is 3. The second-order valence-electron chi connectivity index (χ2n) is 5.35. The number of methoxy groups -OCH3 is 1. The predicted octanol–water partition coefficient (Wildman–Crippen LogP) is 5.87. The fraction of sp³-hybridized carbons (Fsp3) is 0.100. The van der Waals surface area contributed by atoms with Gasteiger partial charge in [0.05, 0.1) is 22.8 Å². The molecule has 0 saturated carbocycles. The van der Waals surface area contributed by atoms with Crippen LogP contribution in [0.2, 0.25) is 10.0 Å². The zero-order valence-corrected chi connectivity index (χ0v) is 17.9. The van der Waals surface area contributed by atoms with Crippen molar-refractivity contribution in [2.45, 2.75) is 0 Å². The third kappa shape index (κ3) is 5.29. The van der Waals surface area contributed by atoms with E-state index in [0.29, 0.717) is 38.9 Å². The summed E-state index contributed by atoms with van der Waals surface area (Å²) in [6.45, 7) is 3.91. The quantitative estimate of drug-likeness (QED) is 0.304. The molecule has 0 aliphatic carbocycles. The number of amides is 1. The van der Waals surface area contributed by atoms with E-state index in [-0.39, 0.29) is 10.6 Å². The minimum atomic E-state index is -0.621. The summed E-state index contributed by atoms with van der Waals surface area (Å²) >= 11 is 15.4. The minimum absolute atomic E-state index is 0.126. The van der Waals surface area contributed by atoms with Gasteiger partial charge in [-0.15, -0.1) is 0 Å². The first kappa shape index (κ1) is 21.8. The molecular weight excluding hydrogens is 467 g/mol. The molecule has 2 aromatic carbocycles. The van der Waals surface area contributed by atoms with Gasteiger partial charge in [-0.2, -0.15) is 5.26 Å². The summed E-state index contributed by atoms with van der Waals surface area (Å²) in [6, 6.07) is 10.1. The Morgan fingerprint density at radius 1 is 1.36 bits per heavy atom. The maximum atomic E-state index is 12.5. The van der Waals surface area contributed by atoms with Crippen LogP contribution in [-0.4, -0.2) is 19.6 Å². The topological polar surface area (TPSA) is 71.3 Å². The molecule has 0 aromatic heterocycles. The lowest BCUT2D eigenvalue weighted by Gasteiger charge is -2.12. The zero-order valence-electron chi connectivity index (χ0n) is 14.8. The molecule has 0 aliphatic heterocycles. The molecule has 2 aromatic rings. The van der Waals surface area contributed by atoms with E-state index in [9.17, 15) is 10.1 Å². The molecule has 28 heavy (non-hydrogen) atoms. The van der Waals surface area contributed by atoms with Crippen LogP contribution >= 0.6 is 39.1 Å². The molecule has 144 valence electrons. The van der Waals surface area contributed by atoms with E-state index in [1.54, 1.807) is 36.4 Å². The molecule has 2 rings (SSSR count). The molecule has 1 amide bonds. The van der Waals surface area contributed by atoms with Gasteiger partial charge in [0.1, 0.15) is 18.2 Å². The van der Waals surface area contributed by atoms with Crippen LogP contribution in [-0.2, 0) is 4.79 Å². The highest BCUT2D eigenvalue weighted by molar-refractivity contribution is 9.10. The van der Waals surface area contributed by atoms with Gasteiger partial charge in [-0.25, -0.2) is 0 Å². The summed E-state index contributed by atoms with van der Waals surface area (Å²) in [5, 5.41) is 12.5. The lowest BCUT2D eigenvalue weighted by Crippen LogP contribution is -2.13. The highest BCUT2D eigenvalue weighted by Crippen LogP contribution is 2.35. The van der Waals surface area contributed by atoms with Crippen molar-refractivity contribution in [2.75, 3.05) is 19.0 Å².